The summed E-state index contributed by atoms with van der Waals surface area (Å²) in [5, 5.41) is 159. The number of rotatable bonds is 44. The zero-order valence-corrected chi connectivity index (χ0v) is 61.2. The monoisotopic (exact) mass is 1500 g/mol. The van der Waals surface area contributed by atoms with Crippen LogP contribution in [0.3, 0.4) is 0 Å². The first-order chi connectivity index (χ1) is 49.6. The highest BCUT2D eigenvalue weighted by Crippen LogP contribution is 2.36. The summed E-state index contributed by atoms with van der Waals surface area (Å²) in [5.41, 5.74) is 0. The summed E-state index contributed by atoms with van der Waals surface area (Å²) in [4.78, 5) is 64.4. The summed E-state index contributed by atoms with van der Waals surface area (Å²) in [6.07, 6.45) is -23.5. The topological polar surface area (TPSA) is 528 Å². The number of aliphatic hydroxyl groups is 13. The number of esters is 1. The van der Waals surface area contributed by atoms with Gasteiger partial charge in [0.05, 0.1) is 63.4 Å². The van der Waals surface area contributed by atoms with Gasteiger partial charge >= 0.3 is 5.97 Å². The quantitative estimate of drug-likeness (QED) is 0.0120. The fourth-order valence-electron chi connectivity index (χ4n) is 13.3. The lowest BCUT2D eigenvalue weighted by molar-refractivity contribution is -0.352. The molecule has 36 heteroatoms. The number of methoxy groups -OCH3 is 1. The zero-order valence-electron chi connectivity index (χ0n) is 61.2. The molecule has 5 fully saturated rings. The summed E-state index contributed by atoms with van der Waals surface area (Å²) in [5.74, 6) is -3.53. The summed E-state index contributed by atoms with van der Waals surface area (Å²) >= 11 is 0. The molecule has 26 unspecified atom stereocenters. The Morgan fingerprint density at radius 1 is 0.548 bits per heavy atom. The molecular formula is C68H121N5O31. The van der Waals surface area contributed by atoms with Gasteiger partial charge in [-0.25, -0.2) is 0 Å². The van der Waals surface area contributed by atoms with Crippen LogP contribution in [0.25, 0.3) is 0 Å². The third kappa shape index (κ3) is 27.6. The number of aliphatic hydroxyl groups excluding tert-OH is 13. The van der Waals surface area contributed by atoms with Crippen LogP contribution in [-0.2, 0) is 85.6 Å². The van der Waals surface area contributed by atoms with Crippen molar-refractivity contribution in [2.45, 2.75) is 342 Å². The first-order valence-electron chi connectivity index (χ1n) is 36.5. The molecule has 0 aromatic rings. The molecule has 604 valence electrons. The van der Waals surface area contributed by atoms with E-state index in [2.05, 4.69) is 45.7 Å². The minimum absolute atomic E-state index is 0.0351. The molecule has 0 aromatic carbocycles. The van der Waals surface area contributed by atoms with Gasteiger partial charge in [-0.05, 0) is 52.4 Å². The van der Waals surface area contributed by atoms with E-state index in [1.807, 2.05) is 0 Å². The number of unbranched alkanes of at least 4 members (excludes halogenated alkanes) is 11. The molecule has 5 heterocycles. The number of nitrogens with one attached hydrogen (secondary N) is 5. The third-order valence-corrected chi connectivity index (χ3v) is 18.8. The van der Waals surface area contributed by atoms with Gasteiger partial charge < -0.3 is 149 Å². The second-order valence-electron chi connectivity index (χ2n) is 27.3. The van der Waals surface area contributed by atoms with Crippen molar-refractivity contribution in [3.8, 4) is 0 Å². The summed E-state index contributed by atoms with van der Waals surface area (Å²) in [6, 6.07) is -7.72. The van der Waals surface area contributed by atoms with Crippen LogP contribution in [-0.4, -0.2) is 327 Å². The highest BCUT2D eigenvalue weighted by atomic mass is 16.8. The fourth-order valence-corrected chi connectivity index (χ4v) is 13.3. The molecule has 18 N–H and O–H groups in total. The molecule has 0 radical (unpaired) electrons. The van der Waals surface area contributed by atoms with Gasteiger partial charge in [0.1, 0.15) is 123 Å². The second kappa shape index (κ2) is 46.5. The third-order valence-electron chi connectivity index (χ3n) is 18.8. The largest absolute Gasteiger partial charge is 0.463 e. The Morgan fingerprint density at radius 2 is 1.12 bits per heavy atom. The highest BCUT2D eigenvalue weighted by molar-refractivity contribution is 5.76. The van der Waals surface area contributed by atoms with E-state index >= 15 is 0 Å². The molecule has 0 bridgehead atoms. The van der Waals surface area contributed by atoms with Crippen LogP contribution in [0.15, 0.2) is 12.2 Å². The van der Waals surface area contributed by atoms with E-state index in [0.29, 0.717) is 6.42 Å². The maximum atomic E-state index is 13.6. The molecule has 104 heavy (non-hydrogen) atoms. The molecule has 0 aromatic heterocycles. The number of amides is 4. The van der Waals surface area contributed by atoms with E-state index in [4.69, 9.17) is 61.6 Å². The number of hydrogen-bond acceptors (Lipinski definition) is 32. The van der Waals surface area contributed by atoms with Gasteiger partial charge in [-0.1, -0.05) is 77.4 Å². The summed E-state index contributed by atoms with van der Waals surface area (Å²) < 4.78 is 78.6. The molecule has 0 saturated carbocycles. The molecule has 36 nitrogen and oxygen atoms in total. The molecule has 5 saturated heterocycles. The lowest BCUT2D eigenvalue weighted by Gasteiger charge is -2.49. The maximum absolute atomic E-state index is 13.6. The van der Waals surface area contributed by atoms with Gasteiger partial charge in [0.25, 0.3) is 0 Å². The number of carbonyl (C=O) groups is 5. The van der Waals surface area contributed by atoms with Crippen molar-refractivity contribution >= 4 is 29.6 Å². The highest BCUT2D eigenvalue weighted by Gasteiger charge is 2.56. The van der Waals surface area contributed by atoms with Crippen molar-refractivity contribution < 1.29 is 152 Å². The van der Waals surface area contributed by atoms with E-state index in [0.717, 1.165) is 79.1 Å². The Hall–Kier alpha value is -3.95. The zero-order chi connectivity index (χ0) is 76.9. The van der Waals surface area contributed by atoms with Crippen LogP contribution in [0.2, 0.25) is 0 Å². The van der Waals surface area contributed by atoms with Crippen LogP contribution in [0, 0.1) is 0 Å². The normalized spacial score (nSPS) is 35.6. The molecule has 30 atom stereocenters. The Bertz CT molecular complexity index is 2520. The smallest absolute Gasteiger partial charge is 0.302 e. The van der Waals surface area contributed by atoms with Crippen LogP contribution in [0.4, 0.5) is 0 Å². The molecule has 5 aliphatic heterocycles. The van der Waals surface area contributed by atoms with Gasteiger partial charge in [-0.15, -0.1) is 0 Å². The minimum Gasteiger partial charge on any atom is -0.463 e. The van der Waals surface area contributed by atoms with Crippen LogP contribution >= 0.6 is 0 Å². The molecular weight excluding hydrogens is 1380 g/mol. The average Bonchev–Trinajstić information content (AvgIpc) is 0.898. The number of carbonyl (C=O) groups excluding carboxylic acids is 5. The Labute approximate surface area is 607 Å². The van der Waals surface area contributed by atoms with Gasteiger partial charge in [0.2, 0.25) is 23.6 Å². The lowest BCUT2D eigenvalue weighted by Crippen LogP contribution is -2.70. The van der Waals surface area contributed by atoms with Crippen LogP contribution in [0.5, 0.6) is 0 Å². The number of allylic oxidation sites excluding steroid dienone is 2. The predicted octanol–water partition coefficient (Wildman–Crippen LogP) is -3.90. The molecule has 5 rings (SSSR count). The molecule has 4 amide bonds. The Balaban J connectivity index is 1.37. The van der Waals surface area contributed by atoms with Gasteiger partial charge in [0.15, 0.2) is 37.7 Å². The summed E-state index contributed by atoms with van der Waals surface area (Å²) in [7, 11) is 1.22. The molecule has 0 aliphatic carbocycles. The van der Waals surface area contributed by atoms with E-state index in [1.165, 1.54) is 46.6 Å². The van der Waals surface area contributed by atoms with Crippen molar-refractivity contribution in [1.82, 2.24) is 26.6 Å². The molecule has 0 spiro atoms. The number of ether oxygens (including phenoxy) is 13. The minimum atomic E-state index is -2.02. The predicted molar refractivity (Wildman–Crippen MR) is 361 cm³/mol. The van der Waals surface area contributed by atoms with Crippen molar-refractivity contribution in [2.75, 3.05) is 46.8 Å². The van der Waals surface area contributed by atoms with E-state index in [1.54, 1.807) is 6.92 Å². The summed E-state index contributed by atoms with van der Waals surface area (Å²) in [6.45, 7) is 5.81. The van der Waals surface area contributed by atoms with Gasteiger partial charge in [-0.2, -0.15) is 0 Å². The second-order valence-corrected chi connectivity index (χ2v) is 27.3. The van der Waals surface area contributed by atoms with Crippen molar-refractivity contribution in [2.24, 2.45) is 0 Å². The van der Waals surface area contributed by atoms with Crippen LogP contribution in [0.1, 0.15) is 158 Å². The Morgan fingerprint density at radius 3 is 1.70 bits per heavy atom. The maximum Gasteiger partial charge on any atom is 0.302 e. The molecule has 5 aliphatic rings. The first kappa shape index (κ1) is 90.7. The van der Waals surface area contributed by atoms with E-state index in [9.17, 15) is 90.4 Å². The van der Waals surface area contributed by atoms with Crippen molar-refractivity contribution in [3.63, 3.8) is 0 Å². The Kier molecular flexibility index (Phi) is 40.6. The standard InChI is InChI=1S/C68H121N5O31/c1-10-12-13-14-15-16-17-18-19-20-21-22-23-24-25-26-49(84)73-51-55(87)54(86)47(32-93-39(8)82)101-66(51)97-43(11-2)44(29-75)98-65(41(28-74)70-36(5)79)102-59-42(83)27-40(69-35(4)78)64(99-45(59)30-76)103-60-46(31-77)100-67(52(57(60)89)72-38(7)81)104-61-48(96-63(91)50(56(61)88)71-37(6)80)33-94-68-62(92-9)58(90)53(85)34(3)95-68/h16-17,34,37,40-48,50-68,71,74-77,80,83,85-91H,10-15,18-33H2,1-9H3,(H,69,78)(H,70,79)(H,72,81)(H,73,84)/b17-16-/t34?,37?,40?,41?,42?,43?,44?,45?,46?,47?,48?,50?,51?,52?,53?,54-,55?,56?,57?,58?,59-,60+,61?,62?,63?,64?,65-,66?,67?,68?/m0/s1. The first-order valence-corrected chi connectivity index (χ1v) is 36.5. The van der Waals surface area contributed by atoms with Crippen LogP contribution < -0.4 is 26.6 Å². The SMILES string of the molecule is CCCCCC/C=C\CCCCCCCCCC(=O)NC1C(OC(CC)C(CO)O[C@@H](O[C@H]2C(O)CC(NC(C)=O)C(O[C@@H]3C(CO)OC(OC4C(COC5OC(C)C(O)C(O)C5OC)OC(O)C(NC(C)O)C4O)C(NC(C)=O)C3O)OC2CO)C(CO)NC(C)=O)OC(COC(C)=O)[C@H](O)C1O. The van der Waals surface area contributed by atoms with E-state index in [-0.39, 0.29) is 12.8 Å². The van der Waals surface area contributed by atoms with Crippen molar-refractivity contribution in [3.05, 3.63) is 12.2 Å². The van der Waals surface area contributed by atoms with Gasteiger partial charge in [0, 0.05) is 47.6 Å². The van der Waals surface area contributed by atoms with Crippen molar-refractivity contribution in [1.29, 1.82) is 0 Å². The fraction of sp³-hybridized carbons (Fsp3) is 0.897. The van der Waals surface area contributed by atoms with E-state index < -0.39 is 260 Å². The van der Waals surface area contributed by atoms with Gasteiger partial charge in [-0.3, -0.25) is 29.3 Å². The number of hydrogen-bond donors (Lipinski definition) is 18. The lowest BCUT2D eigenvalue weighted by atomic mass is 9.94. The average molecular weight is 1500 g/mol.